The molecular weight excluding hydrogens is 352 g/mol. The van der Waals surface area contributed by atoms with Crippen molar-refractivity contribution in [2.24, 2.45) is 0 Å². The Bertz CT molecular complexity index is 760. The minimum absolute atomic E-state index is 0.131. The summed E-state index contributed by atoms with van der Waals surface area (Å²) < 4.78 is 11.4. The van der Waals surface area contributed by atoms with Crippen molar-refractivity contribution in [2.75, 3.05) is 30.4 Å². The van der Waals surface area contributed by atoms with Crippen molar-refractivity contribution in [1.29, 1.82) is 0 Å². The predicted octanol–water partition coefficient (Wildman–Crippen LogP) is 4.26. The molecule has 0 saturated carbocycles. The molecule has 2 N–H and O–H groups in total. The van der Waals surface area contributed by atoms with Crippen LogP contribution in [0.15, 0.2) is 42.5 Å². The molecule has 1 amide bonds. The van der Waals surface area contributed by atoms with Gasteiger partial charge in [-0.15, -0.1) is 0 Å². The van der Waals surface area contributed by atoms with E-state index in [9.17, 15) is 4.79 Å². The van der Waals surface area contributed by atoms with Gasteiger partial charge in [0.15, 0.2) is 0 Å². The first-order valence-corrected chi connectivity index (χ1v) is 9.13. The highest BCUT2D eigenvalue weighted by Crippen LogP contribution is 2.25. The summed E-state index contributed by atoms with van der Waals surface area (Å²) in [4.78, 5) is 12.3. The fraction of sp³-hybridized carbons (Fsp3) is 0.350. The van der Waals surface area contributed by atoms with Crippen molar-refractivity contribution in [1.82, 2.24) is 0 Å². The van der Waals surface area contributed by atoms with Crippen LogP contribution in [-0.2, 0) is 9.53 Å². The third-order valence-corrected chi connectivity index (χ3v) is 4.48. The number of nitrogens with one attached hydrogen (secondary N) is 2. The molecule has 1 atom stereocenters. The van der Waals surface area contributed by atoms with Crippen molar-refractivity contribution < 1.29 is 14.3 Å². The zero-order chi connectivity index (χ0) is 18.4. The SMILES string of the molecule is Cc1ccc(Cl)cc1NCC(=O)Nc1ccccc1OCC1CCCO1. The Hall–Kier alpha value is -2.24. The number of benzene rings is 2. The van der Waals surface area contributed by atoms with Crippen molar-refractivity contribution in [3.63, 3.8) is 0 Å². The summed E-state index contributed by atoms with van der Waals surface area (Å²) in [6, 6.07) is 13.0. The fourth-order valence-corrected chi connectivity index (χ4v) is 2.98. The molecule has 3 rings (SSSR count). The van der Waals surface area contributed by atoms with E-state index < -0.39 is 0 Å². The van der Waals surface area contributed by atoms with Gasteiger partial charge in [-0.05, 0) is 49.6 Å². The highest BCUT2D eigenvalue weighted by molar-refractivity contribution is 6.30. The lowest BCUT2D eigenvalue weighted by Crippen LogP contribution is -2.23. The standard InChI is InChI=1S/C20H23ClN2O3/c1-14-8-9-15(21)11-18(14)22-12-20(24)23-17-6-2-3-7-19(17)26-13-16-5-4-10-25-16/h2-3,6-9,11,16,22H,4-5,10,12-13H2,1H3,(H,23,24). The molecule has 1 unspecified atom stereocenters. The summed E-state index contributed by atoms with van der Waals surface area (Å²) in [5.41, 5.74) is 2.53. The van der Waals surface area contributed by atoms with Crippen LogP contribution in [0.3, 0.4) is 0 Å². The average Bonchev–Trinajstić information content (AvgIpc) is 3.15. The smallest absolute Gasteiger partial charge is 0.243 e. The van der Waals surface area contributed by atoms with Gasteiger partial charge in [0.2, 0.25) is 5.91 Å². The second kappa shape index (κ2) is 8.92. The topological polar surface area (TPSA) is 59.6 Å². The molecule has 0 aromatic heterocycles. The first-order valence-electron chi connectivity index (χ1n) is 8.75. The molecule has 26 heavy (non-hydrogen) atoms. The predicted molar refractivity (Wildman–Crippen MR) is 104 cm³/mol. The quantitative estimate of drug-likeness (QED) is 0.760. The second-order valence-electron chi connectivity index (χ2n) is 6.30. The van der Waals surface area contributed by atoms with Crippen LogP contribution in [0.2, 0.25) is 5.02 Å². The molecule has 0 bridgehead atoms. The van der Waals surface area contributed by atoms with E-state index in [1.54, 1.807) is 0 Å². The number of aryl methyl sites for hydroxylation is 1. The Morgan fingerprint density at radius 2 is 2.12 bits per heavy atom. The van der Waals surface area contributed by atoms with Gasteiger partial charge in [0.25, 0.3) is 0 Å². The van der Waals surface area contributed by atoms with E-state index in [-0.39, 0.29) is 18.6 Å². The molecule has 1 aliphatic rings. The monoisotopic (exact) mass is 374 g/mol. The molecule has 2 aromatic rings. The summed E-state index contributed by atoms with van der Waals surface area (Å²) >= 11 is 6.00. The summed E-state index contributed by atoms with van der Waals surface area (Å²) in [5, 5.41) is 6.63. The maximum atomic E-state index is 12.3. The molecule has 0 radical (unpaired) electrons. The van der Waals surface area contributed by atoms with Crippen molar-refractivity contribution >= 4 is 28.9 Å². The van der Waals surface area contributed by atoms with E-state index >= 15 is 0 Å². The number of carbonyl (C=O) groups is 1. The largest absolute Gasteiger partial charge is 0.489 e. The Morgan fingerprint density at radius 1 is 1.27 bits per heavy atom. The summed E-state index contributed by atoms with van der Waals surface area (Å²) in [6.45, 7) is 3.39. The fourth-order valence-electron chi connectivity index (χ4n) is 2.81. The first kappa shape index (κ1) is 18.5. The number of hydrogen-bond donors (Lipinski definition) is 2. The van der Waals surface area contributed by atoms with Crippen LogP contribution in [0.4, 0.5) is 11.4 Å². The number of rotatable bonds is 7. The van der Waals surface area contributed by atoms with E-state index in [2.05, 4.69) is 10.6 Å². The number of anilines is 2. The van der Waals surface area contributed by atoms with E-state index in [1.165, 1.54) is 0 Å². The molecule has 1 saturated heterocycles. The Labute approximate surface area is 158 Å². The number of para-hydroxylation sites is 2. The molecular formula is C20H23ClN2O3. The summed E-state index contributed by atoms with van der Waals surface area (Å²) in [6.07, 6.45) is 2.21. The van der Waals surface area contributed by atoms with Crippen LogP contribution in [0.1, 0.15) is 18.4 Å². The minimum atomic E-state index is -0.155. The molecule has 1 fully saturated rings. The van der Waals surface area contributed by atoms with Gasteiger partial charge in [0, 0.05) is 17.3 Å². The molecule has 6 heteroatoms. The molecule has 1 heterocycles. The van der Waals surface area contributed by atoms with E-state index in [0.29, 0.717) is 23.1 Å². The number of ether oxygens (including phenoxy) is 2. The lowest BCUT2D eigenvalue weighted by Gasteiger charge is -2.15. The maximum Gasteiger partial charge on any atom is 0.243 e. The van der Waals surface area contributed by atoms with Crippen molar-refractivity contribution in [2.45, 2.75) is 25.9 Å². The lowest BCUT2D eigenvalue weighted by atomic mass is 10.2. The molecule has 2 aromatic carbocycles. The van der Waals surface area contributed by atoms with Gasteiger partial charge in [0.1, 0.15) is 12.4 Å². The van der Waals surface area contributed by atoms with Crippen molar-refractivity contribution in [3.05, 3.63) is 53.1 Å². The maximum absolute atomic E-state index is 12.3. The Kier molecular flexibility index (Phi) is 6.36. The van der Waals surface area contributed by atoms with Gasteiger partial charge in [0.05, 0.1) is 18.3 Å². The van der Waals surface area contributed by atoms with Gasteiger partial charge >= 0.3 is 0 Å². The van der Waals surface area contributed by atoms with E-state index in [1.807, 2.05) is 49.4 Å². The van der Waals surface area contributed by atoms with Crippen LogP contribution < -0.4 is 15.4 Å². The van der Waals surface area contributed by atoms with Crippen LogP contribution in [-0.4, -0.2) is 31.8 Å². The van der Waals surface area contributed by atoms with Crippen molar-refractivity contribution in [3.8, 4) is 5.75 Å². The van der Waals surface area contributed by atoms with Gasteiger partial charge < -0.3 is 20.1 Å². The van der Waals surface area contributed by atoms with Crippen LogP contribution in [0.25, 0.3) is 0 Å². The van der Waals surface area contributed by atoms with Crippen LogP contribution in [0.5, 0.6) is 5.75 Å². The second-order valence-corrected chi connectivity index (χ2v) is 6.74. The Balaban J connectivity index is 1.55. The number of hydrogen-bond acceptors (Lipinski definition) is 4. The summed E-state index contributed by atoms with van der Waals surface area (Å²) in [5.74, 6) is 0.493. The first-order chi connectivity index (χ1) is 12.6. The van der Waals surface area contributed by atoms with Crippen LogP contribution >= 0.6 is 11.6 Å². The zero-order valence-corrected chi connectivity index (χ0v) is 15.5. The average molecular weight is 375 g/mol. The van der Waals surface area contributed by atoms with Gasteiger partial charge in [-0.2, -0.15) is 0 Å². The number of amides is 1. The normalized spacial score (nSPS) is 16.3. The number of carbonyl (C=O) groups excluding carboxylic acids is 1. The van der Waals surface area contributed by atoms with E-state index in [0.717, 1.165) is 30.7 Å². The Morgan fingerprint density at radius 3 is 2.92 bits per heavy atom. The van der Waals surface area contributed by atoms with Gasteiger partial charge in [-0.3, -0.25) is 4.79 Å². The van der Waals surface area contributed by atoms with Gasteiger partial charge in [-0.1, -0.05) is 29.8 Å². The molecule has 0 spiro atoms. The summed E-state index contributed by atoms with van der Waals surface area (Å²) in [7, 11) is 0. The lowest BCUT2D eigenvalue weighted by molar-refractivity contribution is -0.114. The molecule has 1 aliphatic heterocycles. The molecule has 138 valence electrons. The highest BCUT2D eigenvalue weighted by atomic mass is 35.5. The third kappa shape index (κ3) is 5.13. The third-order valence-electron chi connectivity index (χ3n) is 4.25. The number of halogens is 1. The van der Waals surface area contributed by atoms with Crippen LogP contribution in [0, 0.1) is 6.92 Å². The minimum Gasteiger partial charge on any atom is -0.489 e. The zero-order valence-electron chi connectivity index (χ0n) is 14.8. The molecule has 0 aliphatic carbocycles. The van der Waals surface area contributed by atoms with E-state index in [4.69, 9.17) is 21.1 Å². The van der Waals surface area contributed by atoms with Gasteiger partial charge in [-0.25, -0.2) is 0 Å². The molecule has 5 nitrogen and oxygen atoms in total. The highest BCUT2D eigenvalue weighted by Gasteiger charge is 2.17.